The molecule has 0 aliphatic rings. The lowest BCUT2D eigenvalue weighted by atomic mass is 10.2. The van der Waals surface area contributed by atoms with Crippen LogP contribution in [-0.2, 0) is 13.0 Å². The normalized spacial score (nSPS) is 10.7. The molecule has 0 radical (unpaired) electrons. The van der Waals surface area contributed by atoms with Crippen LogP contribution in [0.4, 0.5) is 11.8 Å². The zero-order chi connectivity index (χ0) is 14.7. The van der Waals surface area contributed by atoms with Crippen molar-refractivity contribution in [3.8, 4) is 0 Å². The van der Waals surface area contributed by atoms with Crippen molar-refractivity contribution < 1.29 is 4.52 Å². The molecule has 1 N–H and O–H groups in total. The first-order valence-corrected chi connectivity index (χ1v) is 6.59. The highest BCUT2D eigenvalue weighted by molar-refractivity contribution is 5.50. The summed E-state index contributed by atoms with van der Waals surface area (Å²) in [4.78, 5) is 15.1. The molecule has 0 spiro atoms. The highest BCUT2D eigenvalue weighted by Crippen LogP contribution is 2.18. The molecule has 0 atom stereocenters. The van der Waals surface area contributed by atoms with Crippen molar-refractivity contribution in [3.05, 3.63) is 23.0 Å². The molecule has 7 nitrogen and oxygen atoms in total. The van der Waals surface area contributed by atoms with Crippen molar-refractivity contribution in [1.29, 1.82) is 0 Å². The number of aromatic nitrogens is 4. The summed E-state index contributed by atoms with van der Waals surface area (Å²) in [7, 11) is 3.83. The predicted molar refractivity (Wildman–Crippen MR) is 76.8 cm³/mol. The first-order chi connectivity index (χ1) is 9.51. The molecule has 0 fully saturated rings. The summed E-state index contributed by atoms with van der Waals surface area (Å²) >= 11 is 0. The molecule has 0 saturated carbocycles. The molecule has 0 amide bonds. The smallest absolute Gasteiger partial charge is 0.227 e. The molecule has 0 aromatic carbocycles. The molecule has 2 aromatic heterocycles. The molecule has 108 valence electrons. The van der Waals surface area contributed by atoms with Crippen LogP contribution in [0, 0.1) is 13.8 Å². The third kappa shape index (κ3) is 3.04. The molecule has 20 heavy (non-hydrogen) atoms. The molecular formula is C13H20N6O. The van der Waals surface area contributed by atoms with E-state index in [1.807, 2.05) is 39.8 Å². The van der Waals surface area contributed by atoms with Gasteiger partial charge in [-0.2, -0.15) is 9.97 Å². The number of aryl methyl sites for hydroxylation is 2. The number of anilines is 2. The van der Waals surface area contributed by atoms with Crippen LogP contribution < -0.4 is 10.2 Å². The molecule has 0 unspecified atom stereocenters. The van der Waals surface area contributed by atoms with Gasteiger partial charge < -0.3 is 14.7 Å². The van der Waals surface area contributed by atoms with Gasteiger partial charge in [0.25, 0.3) is 0 Å². The molecule has 0 aliphatic carbocycles. The van der Waals surface area contributed by atoms with Gasteiger partial charge in [0, 0.05) is 31.8 Å². The number of hydrogen-bond acceptors (Lipinski definition) is 7. The molecule has 2 aromatic rings. The quantitative estimate of drug-likeness (QED) is 0.890. The van der Waals surface area contributed by atoms with Gasteiger partial charge in [-0.25, -0.2) is 4.98 Å². The van der Waals surface area contributed by atoms with E-state index < -0.39 is 0 Å². The molecule has 0 aliphatic heterocycles. The van der Waals surface area contributed by atoms with Crippen LogP contribution >= 0.6 is 0 Å². The van der Waals surface area contributed by atoms with E-state index >= 15 is 0 Å². The van der Waals surface area contributed by atoms with Crippen molar-refractivity contribution in [1.82, 2.24) is 20.1 Å². The minimum atomic E-state index is 0.480. The maximum absolute atomic E-state index is 5.08. The summed E-state index contributed by atoms with van der Waals surface area (Å²) in [5.74, 6) is 2.75. The highest BCUT2D eigenvalue weighted by Gasteiger charge is 2.10. The van der Waals surface area contributed by atoms with Crippen LogP contribution in [0.1, 0.15) is 29.9 Å². The van der Waals surface area contributed by atoms with Crippen LogP contribution in [0.25, 0.3) is 0 Å². The van der Waals surface area contributed by atoms with Gasteiger partial charge in [-0.3, -0.25) is 0 Å². The van der Waals surface area contributed by atoms with E-state index in [0.29, 0.717) is 24.2 Å². The minimum Gasteiger partial charge on any atom is -0.362 e. The SMILES string of the molecule is CCc1nc(CNc2nc(N(C)C)nc(C)c2C)no1. The van der Waals surface area contributed by atoms with Crippen LogP contribution in [0.5, 0.6) is 0 Å². The molecular weight excluding hydrogens is 256 g/mol. The van der Waals surface area contributed by atoms with Gasteiger partial charge >= 0.3 is 0 Å². The Labute approximate surface area is 118 Å². The Kier molecular flexibility index (Phi) is 4.16. The fourth-order valence-electron chi connectivity index (χ4n) is 1.65. The van der Waals surface area contributed by atoms with E-state index in [9.17, 15) is 0 Å². The first kappa shape index (κ1) is 14.2. The van der Waals surface area contributed by atoms with Gasteiger partial charge in [-0.05, 0) is 13.8 Å². The van der Waals surface area contributed by atoms with Crippen LogP contribution in [0.3, 0.4) is 0 Å². The van der Waals surface area contributed by atoms with Crippen molar-refractivity contribution in [2.45, 2.75) is 33.7 Å². The highest BCUT2D eigenvalue weighted by atomic mass is 16.5. The van der Waals surface area contributed by atoms with E-state index in [1.165, 1.54) is 0 Å². The standard InChI is InChI=1S/C13H20N6O/c1-6-11-16-10(18-20-11)7-14-12-8(2)9(3)15-13(17-12)19(4)5/h6-7H2,1-5H3,(H,14,15,17). The predicted octanol–water partition coefficient (Wildman–Crippen LogP) is 1.72. The number of hydrogen-bond donors (Lipinski definition) is 1. The topological polar surface area (TPSA) is 80.0 Å². The molecule has 7 heteroatoms. The summed E-state index contributed by atoms with van der Waals surface area (Å²) in [6.45, 7) is 6.42. The minimum absolute atomic E-state index is 0.480. The zero-order valence-electron chi connectivity index (χ0n) is 12.6. The lowest BCUT2D eigenvalue weighted by molar-refractivity contribution is 0.377. The maximum Gasteiger partial charge on any atom is 0.227 e. The molecule has 2 heterocycles. The third-order valence-electron chi connectivity index (χ3n) is 3.00. The summed E-state index contributed by atoms with van der Waals surface area (Å²) in [6, 6.07) is 0. The van der Waals surface area contributed by atoms with E-state index in [-0.39, 0.29) is 0 Å². The summed E-state index contributed by atoms with van der Waals surface area (Å²) in [5, 5.41) is 7.15. The monoisotopic (exact) mass is 276 g/mol. The lowest BCUT2D eigenvalue weighted by Gasteiger charge is -2.15. The second-order valence-corrected chi connectivity index (χ2v) is 4.79. The average molecular weight is 276 g/mol. The van der Waals surface area contributed by atoms with Gasteiger partial charge in [0.1, 0.15) is 5.82 Å². The zero-order valence-corrected chi connectivity index (χ0v) is 12.6. The Morgan fingerprint density at radius 2 is 1.90 bits per heavy atom. The fourth-order valence-corrected chi connectivity index (χ4v) is 1.65. The van der Waals surface area contributed by atoms with Crippen molar-refractivity contribution in [2.24, 2.45) is 0 Å². The summed E-state index contributed by atoms with van der Waals surface area (Å²) < 4.78 is 5.08. The summed E-state index contributed by atoms with van der Waals surface area (Å²) in [5.41, 5.74) is 1.98. The van der Waals surface area contributed by atoms with E-state index in [2.05, 4.69) is 25.4 Å². The van der Waals surface area contributed by atoms with Crippen LogP contribution in [-0.4, -0.2) is 34.2 Å². The average Bonchev–Trinajstić information content (AvgIpc) is 2.88. The number of nitrogens with zero attached hydrogens (tertiary/aromatic N) is 5. The lowest BCUT2D eigenvalue weighted by Crippen LogP contribution is -2.16. The maximum atomic E-state index is 5.08. The molecule has 2 rings (SSSR count). The number of rotatable bonds is 5. The Balaban J connectivity index is 2.16. The van der Waals surface area contributed by atoms with Crippen LogP contribution in [0.15, 0.2) is 4.52 Å². The Bertz CT molecular complexity index is 593. The van der Waals surface area contributed by atoms with E-state index in [4.69, 9.17) is 4.52 Å². The first-order valence-electron chi connectivity index (χ1n) is 6.59. The second-order valence-electron chi connectivity index (χ2n) is 4.79. The molecule has 0 bridgehead atoms. The third-order valence-corrected chi connectivity index (χ3v) is 3.00. The van der Waals surface area contributed by atoms with E-state index in [0.717, 1.165) is 23.5 Å². The van der Waals surface area contributed by atoms with Gasteiger partial charge in [-0.1, -0.05) is 12.1 Å². The van der Waals surface area contributed by atoms with Crippen molar-refractivity contribution in [3.63, 3.8) is 0 Å². The fraction of sp³-hybridized carbons (Fsp3) is 0.538. The second kappa shape index (κ2) is 5.85. The molecule has 0 saturated heterocycles. The van der Waals surface area contributed by atoms with Crippen molar-refractivity contribution >= 4 is 11.8 Å². The summed E-state index contributed by atoms with van der Waals surface area (Å²) in [6.07, 6.45) is 0.740. The van der Waals surface area contributed by atoms with Crippen LogP contribution in [0.2, 0.25) is 0 Å². The van der Waals surface area contributed by atoms with Gasteiger partial charge in [0.2, 0.25) is 11.8 Å². The Morgan fingerprint density at radius 1 is 1.15 bits per heavy atom. The van der Waals surface area contributed by atoms with E-state index in [1.54, 1.807) is 0 Å². The van der Waals surface area contributed by atoms with Gasteiger partial charge in [0.05, 0.1) is 6.54 Å². The van der Waals surface area contributed by atoms with Crippen molar-refractivity contribution in [2.75, 3.05) is 24.3 Å². The largest absolute Gasteiger partial charge is 0.362 e. The Morgan fingerprint density at radius 3 is 2.50 bits per heavy atom. The Hall–Kier alpha value is -2.18. The number of nitrogens with one attached hydrogen (secondary N) is 1. The van der Waals surface area contributed by atoms with Gasteiger partial charge in [0.15, 0.2) is 5.82 Å². The van der Waals surface area contributed by atoms with Gasteiger partial charge in [-0.15, -0.1) is 0 Å².